The zero-order valence-corrected chi connectivity index (χ0v) is 18.2. The van der Waals surface area contributed by atoms with Crippen LogP contribution in [0.3, 0.4) is 0 Å². The lowest BCUT2D eigenvalue weighted by Gasteiger charge is -2.16. The van der Waals surface area contributed by atoms with E-state index in [1.54, 1.807) is 17.7 Å². The minimum atomic E-state index is -0.422. The van der Waals surface area contributed by atoms with Crippen molar-refractivity contribution in [3.05, 3.63) is 96.3 Å². The molecule has 2 aromatic carbocycles. The summed E-state index contributed by atoms with van der Waals surface area (Å²) in [5.41, 5.74) is 1.61. The van der Waals surface area contributed by atoms with E-state index in [9.17, 15) is 9.59 Å². The van der Waals surface area contributed by atoms with Crippen molar-refractivity contribution < 1.29 is 0 Å². The minimum Gasteiger partial charge on any atom is -0.308 e. The van der Waals surface area contributed by atoms with Gasteiger partial charge in [-0.1, -0.05) is 60.1 Å². The maximum absolute atomic E-state index is 13.5. The molecule has 1 unspecified atom stereocenters. The Morgan fingerprint density at radius 1 is 1.07 bits per heavy atom. The third-order valence-electron chi connectivity index (χ3n) is 5.09. The second-order valence-electron chi connectivity index (χ2n) is 6.83. The summed E-state index contributed by atoms with van der Waals surface area (Å²) in [6, 6.07) is 16.5. The van der Waals surface area contributed by atoms with Gasteiger partial charge in [-0.2, -0.15) is 0 Å². The largest absolute Gasteiger partial charge is 0.333 e. The smallest absolute Gasteiger partial charge is 0.308 e. The van der Waals surface area contributed by atoms with Crippen molar-refractivity contribution in [1.29, 1.82) is 0 Å². The molecule has 1 atom stereocenters. The molecule has 0 saturated heterocycles. The van der Waals surface area contributed by atoms with Crippen molar-refractivity contribution in [3.63, 3.8) is 0 Å². The van der Waals surface area contributed by atoms with Gasteiger partial charge < -0.3 is 4.57 Å². The summed E-state index contributed by atoms with van der Waals surface area (Å²) in [5, 5.41) is 0.601. The van der Waals surface area contributed by atoms with Crippen LogP contribution in [0.25, 0.3) is 11.2 Å². The number of aromatic nitrogens is 4. The maximum atomic E-state index is 13.5. The first-order chi connectivity index (χ1) is 13.9. The standard InChI is InChI=1S/C21H18BrClN4O2/c1-13(14-8-4-3-5-9-14)27-19(28)17-18(25(2)21(27)29)24-20(22)26(17)12-15-10-6-7-11-16(15)23/h3-11,13H,12H2,1-2H3. The zero-order valence-electron chi connectivity index (χ0n) is 15.8. The normalized spacial score (nSPS) is 12.4. The lowest BCUT2D eigenvalue weighted by Crippen LogP contribution is -2.41. The Labute approximate surface area is 180 Å². The van der Waals surface area contributed by atoms with Gasteiger partial charge in [0.25, 0.3) is 5.56 Å². The summed E-state index contributed by atoms with van der Waals surface area (Å²) in [6.07, 6.45) is 0. The topological polar surface area (TPSA) is 61.8 Å². The number of hydrogen-bond acceptors (Lipinski definition) is 3. The first-order valence-electron chi connectivity index (χ1n) is 9.05. The highest BCUT2D eigenvalue weighted by Gasteiger charge is 2.22. The molecule has 0 N–H and O–H groups in total. The number of nitrogens with zero attached hydrogens (tertiary/aromatic N) is 4. The van der Waals surface area contributed by atoms with Gasteiger partial charge >= 0.3 is 5.69 Å². The molecule has 0 aliphatic carbocycles. The summed E-state index contributed by atoms with van der Waals surface area (Å²) in [7, 11) is 1.62. The van der Waals surface area contributed by atoms with Crippen molar-refractivity contribution in [2.45, 2.75) is 19.5 Å². The molecule has 0 radical (unpaired) electrons. The van der Waals surface area contributed by atoms with Crippen LogP contribution >= 0.6 is 27.5 Å². The molecule has 4 aromatic rings. The van der Waals surface area contributed by atoms with E-state index in [1.807, 2.05) is 55.5 Å². The molecule has 0 aliphatic heterocycles. The summed E-state index contributed by atoms with van der Waals surface area (Å²) in [4.78, 5) is 30.9. The summed E-state index contributed by atoms with van der Waals surface area (Å²) < 4.78 is 4.88. The van der Waals surface area contributed by atoms with Crippen LogP contribution in [0.1, 0.15) is 24.1 Å². The Morgan fingerprint density at radius 2 is 1.72 bits per heavy atom. The van der Waals surface area contributed by atoms with E-state index in [0.717, 1.165) is 11.1 Å². The van der Waals surface area contributed by atoms with E-state index in [0.29, 0.717) is 27.5 Å². The predicted octanol–water partition coefficient (Wildman–Crippen LogP) is 3.97. The Kier molecular flexibility index (Phi) is 5.19. The van der Waals surface area contributed by atoms with Crippen molar-refractivity contribution in [2.24, 2.45) is 7.05 Å². The van der Waals surface area contributed by atoms with Crippen LogP contribution in [-0.4, -0.2) is 18.7 Å². The molecule has 0 aliphatic rings. The lowest BCUT2D eigenvalue weighted by molar-refractivity contribution is 0.557. The van der Waals surface area contributed by atoms with Gasteiger partial charge in [0.1, 0.15) is 0 Å². The van der Waals surface area contributed by atoms with Crippen LogP contribution in [0.15, 0.2) is 68.9 Å². The number of fused-ring (bicyclic) bond motifs is 1. The number of rotatable bonds is 4. The van der Waals surface area contributed by atoms with Crippen LogP contribution < -0.4 is 11.2 Å². The van der Waals surface area contributed by atoms with Crippen molar-refractivity contribution in [1.82, 2.24) is 18.7 Å². The molecule has 0 bridgehead atoms. The van der Waals surface area contributed by atoms with E-state index < -0.39 is 11.7 Å². The number of imidazole rings is 1. The molecular weight excluding hydrogens is 456 g/mol. The molecule has 2 heterocycles. The number of hydrogen-bond donors (Lipinski definition) is 0. The maximum Gasteiger partial charge on any atom is 0.333 e. The quantitative estimate of drug-likeness (QED) is 0.421. The molecule has 29 heavy (non-hydrogen) atoms. The highest BCUT2D eigenvalue weighted by molar-refractivity contribution is 9.10. The average Bonchev–Trinajstić information content (AvgIpc) is 3.05. The van der Waals surface area contributed by atoms with Gasteiger partial charge in [-0.05, 0) is 40.0 Å². The average molecular weight is 474 g/mol. The zero-order chi connectivity index (χ0) is 20.7. The SMILES string of the molecule is CC(c1ccccc1)n1c(=O)c2c(nc(Br)n2Cc2ccccc2Cl)n(C)c1=O. The van der Waals surface area contributed by atoms with Gasteiger partial charge in [-0.25, -0.2) is 9.78 Å². The predicted molar refractivity (Wildman–Crippen MR) is 118 cm³/mol. The second kappa shape index (κ2) is 7.65. The molecule has 4 rings (SSSR count). The summed E-state index contributed by atoms with van der Waals surface area (Å²) in [6.45, 7) is 2.19. The lowest BCUT2D eigenvalue weighted by atomic mass is 10.1. The molecule has 0 saturated carbocycles. The fourth-order valence-corrected chi connectivity index (χ4v) is 4.14. The van der Waals surface area contributed by atoms with Crippen molar-refractivity contribution >= 4 is 38.7 Å². The molecule has 0 spiro atoms. The van der Waals surface area contributed by atoms with E-state index in [-0.39, 0.29) is 5.56 Å². The number of aryl methyl sites for hydroxylation is 1. The molecule has 0 fully saturated rings. The Hall–Kier alpha value is -2.64. The van der Waals surface area contributed by atoms with Gasteiger partial charge in [0.2, 0.25) is 0 Å². The minimum absolute atomic E-state index is 0.329. The Bertz CT molecular complexity index is 1320. The Balaban J connectivity index is 1.97. The Morgan fingerprint density at radius 3 is 2.41 bits per heavy atom. The number of benzene rings is 2. The van der Waals surface area contributed by atoms with E-state index >= 15 is 0 Å². The first kappa shape index (κ1) is 19.7. The molecular formula is C21H18BrClN4O2. The van der Waals surface area contributed by atoms with Gasteiger partial charge in [0.15, 0.2) is 15.9 Å². The highest BCUT2D eigenvalue weighted by atomic mass is 79.9. The highest BCUT2D eigenvalue weighted by Crippen LogP contribution is 2.23. The molecule has 2 aromatic heterocycles. The van der Waals surface area contributed by atoms with Crippen LogP contribution in [0, 0.1) is 0 Å². The van der Waals surface area contributed by atoms with Gasteiger partial charge in [-0.15, -0.1) is 0 Å². The molecule has 8 heteroatoms. The third-order valence-corrected chi connectivity index (χ3v) is 6.06. The van der Waals surface area contributed by atoms with Crippen molar-refractivity contribution in [3.8, 4) is 0 Å². The van der Waals surface area contributed by atoms with Gasteiger partial charge in [-0.3, -0.25) is 13.9 Å². The molecule has 0 amide bonds. The van der Waals surface area contributed by atoms with Gasteiger partial charge in [0.05, 0.1) is 12.6 Å². The van der Waals surface area contributed by atoms with Crippen LogP contribution in [0.2, 0.25) is 5.02 Å². The summed E-state index contributed by atoms with van der Waals surface area (Å²) in [5.74, 6) is 0. The van der Waals surface area contributed by atoms with E-state index in [4.69, 9.17) is 11.6 Å². The monoisotopic (exact) mass is 472 g/mol. The fourth-order valence-electron chi connectivity index (χ4n) is 3.48. The molecule has 148 valence electrons. The van der Waals surface area contributed by atoms with Crippen molar-refractivity contribution in [2.75, 3.05) is 0 Å². The van der Waals surface area contributed by atoms with Crippen LogP contribution in [0.5, 0.6) is 0 Å². The van der Waals surface area contributed by atoms with Crippen LogP contribution in [-0.2, 0) is 13.6 Å². The number of halogens is 2. The van der Waals surface area contributed by atoms with E-state index in [1.165, 1.54) is 9.13 Å². The van der Waals surface area contributed by atoms with E-state index in [2.05, 4.69) is 20.9 Å². The fraction of sp³-hybridized carbons (Fsp3) is 0.190. The summed E-state index contributed by atoms with van der Waals surface area (Å²) >= 11 is 9.75. The van der Waals surface area contributed by atoms with Crippen LogP contribution in [0.4, 0.5) is 0 Å². The third kappa shape index (κ3) is 3.34. The molecule has 6 nitrogen and oxygen atoms in total. The second-order valence-corrected chi connectivity index (χ2v) is 7.95. The first-order valence-corrected chi connectivity index (χ1v) is 10.2. The van der Waals surface area contributed by atoms with Gasteiger partial charge in [0, 0.05) is 12.1 Å².